The standard InChI is InChI=1S/C17H28N4S.HI/c1-3-20(4-2)14-16-7-5-6-15(12-16)13-19-17(18)21-8-10-22-11-9-21;/h5-7,12H,3-4,8-11,13-14H2,1-2H3,(H2,18,19);1H. The van der Waals surface area contributed by atoms with E-state index >= 15 is 0 Å². The molecule has 2 rings (SSSR count). The Labute approximate surface area is 161 Å². The van der Waals surface area contributed by atoms with E-state index in [0.29, 0.717) is 12.5 Å². The number of hydrogen-bond acceptors (Lipinski definition) is 3. The molecule has 6 heteroatoms. The summed E-state index contributed by atoms with van der Waals surface area (Å²) >= 11 is 1.99. The summed E-state index contributed by atoms with van der Waals surface area (Å²) in [7, 11) is 0. The number of aliphatic imine (C=N–C) groups is 1. The minimum atomic E-state index is 0. The smallest absolute Gasteiger partial charge is 0.191 e. The van der Waals surface area contributed by atoms with E-state index in [2.05, 4.69) is 52.9 Å². The van der Waals surface area contributed by atoms with Gasteiger partial charge in [-0.25, -0.2) is 4.99 Å². The molecule has 0 aliphatic carbocycles. The van der Waals surface area contributed by atoms with Crippen LogP contribution in [0.3, 0.4) is 0 Å². The average molecular weight is 448 g/mol. The van der Waals surface area contributed by atoms with Gasteiger partial charge in [0.15, 0.2) is 5.96 Å². The fraction of sp³-hybridized carbons (Fsp3) is 0.588. The van der Waals surface area contributed by atoms with Gasteiger partial charge >= 0.3 is 0 Å². The molecule has 0 amide bonds. The first kappa shape index (κ1) is 20.6. The van der Waals surface area contributed by atoms with Crippen molar-refractivity contribution in [1.29, 1.82) is 0 Å². The molecule has 4 nitrogen and oxygen atoms in total. The van der Waals surface area contributed by atoms with E-state index in [1.165, 1.54) is 11.1 Å². The molecule has 0 bridgehead atoms. The summed E-state index contributed by atoms with van der Waals surface area (Å²) < 4.78 is 0. The molecule has 1 aromatic rings. The third-order valence-electron chi connectivity index (χ3n) is 4.05. The summed E-state index contributed by atoms with van der Waals surface area (Å²) in [5.74, 6) is 2.99. The van der Waals surface area contributed by atoms with Crippen LogP contribution in [0.4, 0.5) is 0 Å². The lowest BCUT2D eigenvalue weighted by Gasteiger charge is -2.27. The molecule has 1 aliphatic rings. The van der Waals surface area contributed by atoms with Gasteiger partial charge in [0.25, 0.3) is 0 Å². The van der Waals surface area contributed by atoms with Gasteiger partial charge in [0.05, 0.1) is 6.54 Å². The number of guanidine groups is 1. The molecule has 1 fully saturated rings. The molecule has 0 radical (unpaired) electrons. The van der Waals surface area contributed by atoms with Gasteiger partial charge in [-0.2, -0.15) is 11.8 Å². The second kappa shape index (κ2) is 11.1. The minimum Gasteiger partial charge on any atom is -0.370 e. The molecule has 1 aliphatic heterocycles. The predicted octanol–water partition coefficient (Wildman–Crippen LogP) is 3.01. The SMILES string of the molecule is CCN(CC)Cc1cccc(CN=C(N)N2CCSCC2)c1.I. The van der Waals surface area contributed by atoms with E-state index in [-0.39, 0.29) is 24.0 Å². The summed E-state index contributed by atoms with van der Waals surface area (Å²) in [6.07, 6.45) is 0. The van der Waals surface area contributed by atoms with E-state index in [1.54, 1.807) is 0 Å². The maximum absolute atomic E-state index is 6.12. The van der Waals surface area contributed by atoms with Crippen LogP contribution in [0, 0.1) is 0 Å². The van der Waals surface area contributed by atoms with Crippen molar-refractivity contribution in [1.82, 2.24) is 9.80 Å². The van der Waals surface area contributed by atoms with Gasteiger partial charge < -0.3 is 10.6 Å². The Morgan fingerprint density at radius 1 is 1.22 bits per heavy atom. The first-order valence-electron chi connectivity index (χ1n) is 8.15. The Kier molecular flexibility index (Phi) is 9.97. The van der Waals surface area contributed by atoms with E-state index in [4.69, 9.17) is 5.73 Å². The van der Waals surface area contributed by atoms with Crippen molar-refractivity contribution >= 4 is 41.7 Å². The third-order valence-corrected chi connectivity index (χ3v) is 4.99. The largest absolute Gasteiger partial charge is 0.370 e. The van der Waals surface area contributed by atoms with Crippen molar-refractivity contribution in [3.8, 4) is 0 Å². The van der Waals surface area contributed by atoms with Crippen LogP contribution in [0.2, 0.25) is 0 Å². The van der Waals surface area contributed by atoms with Crippen molar-refractivity contribution in [3.05, 3.63) is 35.4 Å². The first-order chi connectivity index (χ1) is 10.7. The second-order valence-corrected chi connectivity index (χ2v) is 6.78. The predicted molar refractivity (Wildman–Crippen MR) is 113 cm³/mol. The Morgan fingerprint density at radius 2 is 1.87 bits per heavy atom. The van der Waals surface area contributed by atoms with E-state index in [0.717, 1.165) is 44.2 Å². The van der Waals surface area contributed by atoms with Gasteiger partial charge in [-0.15, -0.1) is 24.0 Å². The van der Waals surface area contributed by atoms with Crippen LogP contribution in [-0.2, 0) is 13.1 Å². The first-order valence-corrected chi connectivity index (χ1v) is 9.31. The molecular formula is C17H29IN4S. The lowest BCUT2D eigenvalue weighted by Crippen LogP contribution is -2.42. The Hall–Kier alpha value is -0.470. The highest BCUT2D eigenvalue weighted by atomic mass is 127. The van der Waals surface area contributed by atoms with Gasteiger partial charge in [0, 0.05) is 31.1 Å². The molecular weight excluding hydrogens is 419 g/mol. The van der Waals surface area contributed by atoms with Crippen molar-refractivity contribution in [2.75, 3.05) is 37.7 Å². The summed E-state index contributed by atoms with van der Waals surface area (Å²) in [5, 5.41) is 0. The molecule has 0 spiro atoms. The maximum atomic E-state index is 6.12. The highest BCUT2D eigenvalue weighted by molar-refractivity contribution is 14.0. The summed E-state index contributed by atoms with van der Waals surface area (Å²) in [4.78, 5) is 9.19. The van der Waals surface area contributed by atoms with Crippen LogP contribution in [0.15, 0.2) is 29.3 Å². The van der Waals surface area contributed by atoms with Crippen molar-refractivity contribution < 1.29 is 0 Å². The van der Waals surface area contributed by atoms with Crippen molar-refractivity contribution in [3.63, 3.8) is 0 Å². The van der Waals surface area contributed by atoms with Crippen LogP contribution >= 0.6 is 35.7 Å². The van der Waals surface area contributed by atoms with Crippen LogP contribution in [0.1, 0.15) is 25.0 Å². The molecule has 1 aromatic carbocycles. The number of nitrogens with zero attached hydrogens (tertiary/aromatic N) is 3. The zero-order valence-electron chi connectivity index (χ0n) is 14.2. The van der Waals surface area contributed by atoms with Gasteiger partial charge in [-0.3, -0.25) is 4.90 Å². The maximum Gasteiger partial charge on any atom is 0.191 e. The number of nitrogens with two attached hydrogens (primary N) is 1. The van der Waals surface area contributed by atoms with Gasteiger partial charge in [-0.1, -0.05) is 38.1 Å². The number of rotatable bonds is 6. The minimum absolute atomic E-state index is 0. The lowest BCUT2D eigenvalue weighted by atomic mass is 10.1. The lowest BCUT2D eigenvalue weighted by molar-refractivity contribution is 0.296. The fourth-order valence-electron chi connectivity index (χ4n) is 2.60. The molecule has 23 heavy (non-hydrogen) atoms. The van der Waals surface area contributed by atoms with Gasteiger partial charge in [-0.05, 0) is 24.2 Å². The highest BCUT2D eigenvalue weighted by Gasteiger charge is 2.11. The Balaban J connectivity index is 0.00000264. The summed E-state index contributed by atoms with van der Waals surface area (Å²) in [5.41, 5.74) is 8.70. The van der Waals surface area contributed by atoms with Crippen molar-refractivity contribution in [2.45, 2.75) is 26.9 Å². The molecule has 0 aromatic heterocycles. The van der Waals surface area contributed by atoms with E-state index in [1.807, 2.05) is 11.8 Å². The molecule has 130 valence electrons. The zero-order chi connectivity index (χ0) is 15.8. The molecule has 0 atom stereocenters. The fourth-order valence-corrected chi connectivity index (χ4v) is 3.50. The number of hydrogen-bond donors (Lipinski definition) is 1. The Morgan fingerprint density at radius 3 is 2.52 bits per heavy atom. The molecule has 1 heterocycles. The van der Waals surface area contributed by atoms with Crippen LogP contribution in [0.5, 0.6) is 0 Å². The monoisotopic (exact) mass is 448 g/mol. The van der Waals surface area contributed by atoms with Crippen LogP contribution in [0.25, 0.3) is 0 Å². The molecule has 0 saturated carbocycles. The van der Waals surface area contributed by atoms with Crippen LogP contribution < -0.4 is 5.73 Å². The van der Waals surface area contributed by atoms with Crippen LogP contribution in [-0.4, -0.2) is 53.4 Å². The van der Waals surface area contributed by atoms with E-state index in [9.17, 15) is 0 Å². The molecule has 2 N–H and O–H groups in total. The number of benzene rings is 1. The summed E-state index contributed by atoms with van der Waals surface area (Å²) in [6, 6.07) is 8.70. The van der Waals surface area contributed by atoms with E-state index < -0.39 is 0 Å². The third kappa shape index (κ3) is 6.89. The van der Waals surface area contributed by atoms with Crippen molar-refractivity contribution in [2.24, 2.45) is 10.7 Å². The molecule has 0 unspecified atom stereocenters. The molecule has 1 saturated heterocycles. The van der Waals surface area contributed by atoms with Gasteiger partial charge in [0.2, 0.25) is 0 Å². The topological polar surface area (TPSA) is 44.9 Å². The second-order valence-electron chi connectivity index (χ2n) is 5.56. The number of halogens is 1. The highest BCUT2D eigenvalue weighted by Crippen LogP contribution is 2.11. The normalized spacial score (nSPS) is 15.6. The number of thioether (sulfide) groups is 1. The summed E-state index contributed by atoms with van der Waals surface area (Å²) in [6.45, 7) is 10.3. The zero-order valence-corrected chi connectivity index (χ0v) is 17.3. The van der Waals surface area contributed by atoms with Gasteiger partial charge in [0.1, 0.15) is 0 Å². The quantitative estimate of drug-likeness (QED) is 0.413. The Bertz CT molecular complexity index is 485. The average Bonchev–Trinajstić information content (AvgIpc) is 2.58.